The first-order chi connectivity index (χ1) is 9.74. The van der Waals surface area contributed by atoms with Gasteiger partial charge in [0.1, 0.15) is 11.3 Å². The van der Waals surface area contributed by atoms with Crippen molar-refractivity contribution in [2.45, 2.75) is 19.3 Å². The molecule has 0 unspecified atom stereocenters. The van der Waals surface area contributed by atoms with Gasteiger partial charge in [0, 0.05) is 23.4 Å². The number of fused-ring (bicyclic) bond motifs is 1. The molecule has 0 atom stereocenters. The number of esters is 1. The molecule has 0 radical (unpaired) electrons. The lowest BCUT2D eigenvalue weighted by atomic mass is 10.1. The molecule has 0 fully saturated rings. The maximum Gasteiger partial charge on any atom is 0.310 e. The minimum Gasteiger partial charge on any atom is -0.497 e. The number of hydrogen-bond acceptors (Lipinski definition) is 5. The molecule has 20 heavy (non-hydrogen) atoms. The maximum atomic E-state index is 11.7. The Kier molecular flexibility index (Phi) is 4.61. The van der Waals surface area contributed by atoms with Crippen LogP contribution in [-0.2, 0) is 16.0 Å². The second-order valence-electron chi connectivity index (χ2n) is 4.28. The van der Waals surface area contributed by atoms with Crippen molar-refractivity contribution in [1.29, 1.82) is 5.26 Å². The first-order valence-electron chi connectivity index (χ1n) is 6.31. The molecule has 0 saturated carbocycles. The summed E-state index contributed by atoms with van der Waals surface area (Å²) in [7, 11) is 1.59. The van der Waals surface area contributed by atoms with Crippen molar-refractivity contribution in [1.82, 2.24) is 0 Å². The van der Waals surface area contributed by atoms with Gasteiger partial charge in [-0.05, 0) is 18.6 Å². The van der Waals surface area contributed by atoms with Gasteiger partial charge in [-0.15, -0.1) is 0 Å². The van der Waals surface area contributed by atoms with Crippen LogP contribution in [0.25, 0.3) is 11.0 Å². The van der Waals surface area contributed by atoms with Gasteiger partial charge in [0.2, 0.25) is 0 Å². The Hall–Kier alpha value is -2.48. The van der Waals surface area contributed by atoms with Crippen molar-refractivity contribution >= 4 is 16.9 Å². The summed E-state index contributed by atoms with van der Waals surface area (Å²) in [6.45, 7) is 0.274. The predicted octanol–water partition coefficient (Wildman–Crippen LogP) is 2.83. The van der Waals surface area contributed by atoms with Gasteiger partial charge in [-0.1, -0.05) is 0 Å². The fourth-order valence-electron chi connectivity index (χ4n) is 1.87. The molecule has 0 amide bonds. The molecule has 0 bridgehead atoms. The van der Waals surface area contributed by atoms with Crippen molar-refractivity contribution in [2.24, 2.45) is 0 Å². The van der Waals surface area contributed by atoms with Crippen molar-refractivity contribution in [3.8, 4) is 11.8 Å². The summed E-state index contributed by atoms with van der Waals surface area (Å²) in [5.41, 5.74) is 1.46. The highest BCUT2D eigenvalue weighted by atomic mass is 16.5. The fraction of sp³-hybridized carbons (Fsp3) is 0.333. The third kappa shape index (κ3) is 3.29. The van der Waals surface area contributed by atoms with Crippen LogP contribution in [0.1, 0.15) is 18.4 Å². The highest BCUT2D eigenvalue weighted by Gasteiger charge is 2.12. The van der Waals surface area contributed by atoms with Gasteiger partial charge in [0.05, 0.1) is 32.5 Å². The molecule has 0 N–H and O–H groups in total. The molecule has 0 saturated heterocycles. The van der Waals surface area contributed by atoms with Crippen LogP contribution in [0.2, 0.25) is 0 Å². The number of nitriles is 1. The van der Waals surface area contributed by atoms with E-state index in [4.69, 9.17) is 19.2 Å². The molecule has 1 heterocycles. The van der Waals surface area contributed by atoms with Gasteiger partial charge in [-0.25, -0.2) is 0 Å². The zero-order valence-corrected chi connectivity index (χ0v) is 11.2. The topological polar surface area (TPSA) is 72.5 Å². The molecule has 2 rings (SSSR count). The number of furan rings is 1. The predicted molar refractivity (Wildman–Crippen MR) is 72.3 cm³/mol. The Morgan fingerprint density at radius 3 is 3.05 bits per heavy atom. The Labute approximate surface area is 116 Å². The number of carbonyl (C=O) groups excluding carboxylic acids is 1. The zero-order chi connectivity index (χ0) is 14.4. The normalized spacial score (nSPS) is 10.2. The summed E-state index contributed by atoms with van der Waals surface area (Å²) in [6, 6.07) is 7.45. The molecule has 0 aliphatic carbocycles. The number of methoxy groups -OCH3 is 1. The molecule has 1 aromatic heterocycles. The van der Waals surface area contributed by atoms with Gasteiger partial charge in [0.15, 0.2) is 0 Å². The van der Waals surface area contributed by atoms with E-state index in [1.165, 1.54) is 0 Å². The van der Waals surface area contributed by atoms with Crippen molar-refractivity contribution in [3.05, 3.63) is 30.0 Å². The molecule has 5 heteroatoms. The summed E-state index contributed by atoms with van der Waals surface area (Å²) >= 11 is 0. The third-order valence-electron chi connectivity index (χ3n) is 2.89. The smallest absolute Gasteiger partial charge is 0.310 e. The van der Waals surface area contributed by atoms with Crippen LogP contribution < -0.4 is 4.74 Å². The lowest BCUT2D eigenvalue weighted by Crippen LogP contribution is -2.08. The molecule has 0 spiro atoms. The van der Waals surface area contributed by atoms with Crippen LogP contribution >= 0.6 is 0 Å². The van der Waals surface area contributed by atoms with Crippen LogP contribution in [-0.4, -0.2) is 19.7 Å². The van der Waals surface area contributed by atoms with Gasteiger partial charge in [0.25, 0.3) is 0 Å². The molecular weight excluding hydrogens is 258 g/mol. The summed E-state index contributed by atoms with van der Waals surface area (Å²) in [4.78, 5) is 11.7. The van der Waals surface area contributed by atoms with Crippen molar-refractivity contribution < 1.29 is 18.7 Å². The quantitative estimate of drug-likeness (QED) is 0.597. The van der Waals surface area contributed by atoms with Gasteiger partial charge in [-0.3, -0.25) is 4.79 Å². The van der Waals surface area contributed by atoms with E-state index in [9.17, 15) is 4.79 Å². The van der Waals surface area contributed by atoms with Crippen LogP contribution in [0, 0.1) is 11.3 Å². The first-order valence-corrected chi connectivity index (χ1v) is 6.31. The first kappa shape index (κ1) is 13.9. The standard InChI is InChI=1S/C15H15NO4/c1-18-12-4-5-13-11(10-20-14(13)9-12)8-15(17)19-7-3-2-6-16/h4-5,9-10H,2-3,7-8H2,1H3. The second kappa shape index (κ2) is 6.62. The average Bonchev–Trinajstić information content (AvgIpc) is 2.86. The van der Waals surface area contributed by atoms with Crippen LogP contribution in [0.5, 0.6) is 5.75 Å². The van der Waals surface area contributed by atoms with E-state index in [-0.39, 0.29) is 19.0 Å². The van der Waals surface area contributed by atoms with Crippen LogP contribution in [0.4, 0.5) is 0 Å². The highest BCUT2D eigenvalue weighted by molar-refractivity contribution is 5.86. The lowest BCUT2D eigenvalue weighted by Gasteiger charge is -2.02. The lowest BCUT2D eigenvalue weighted by molar-refractivity contribution is -0.142. The summed E-state index contributed by atoms with van der Waals surface area (Å²) in [5.74, 6) is 0.388. The maximum absolute atomic E-state index is 11.7. The van der Waals surface area contributed by atoms with E-state index >= 15 is 0 Å². The Balaban J connectivity index is 1.99. The van der Waals surface area contributed by atoms with Gasteiger partial charge >= 0.3 is 5.97 Å². The van der Waals surface area contributed by atoms with E-state index < -0.39 is 0 Å². The number of nitrogens with zero attached hydrogens (tertiary/aromatic N) is 1. The van der Waals surface area contributed by atoms with Gasteiger partial charge < -0.3 is 13.9 Å². The number of ether oxygens (including phenoxy) is 2. The Morgan fingerprint density at radius 1 is 1.45 bits per heavy atom. The second-order valence-corrected chi connectivity index (χ2v) is 4.28. The molecule has 0 aliphatic heterocycles. The molecular formula is C15H15NO4. The molecule has 2 aromatic rings. The zero-order valence-electron chi connectivity index (χ0n) is 11.2. The minimum atomic E-state index is -0.318. The van der Waals surface area contributed by atoms with E-state index in [0.717, 1.165) is 10.9 Å². The highest BCUT2D eigenvalue weighted by Crippen LogP contribution is 2.25. The van der Waals surface area contributed by atoms with Crippen molar-refractivity contribution in [2.75, 3.05) is 13.7 Å². The van der Waals surface area contributed by atoms with E-state index in [0.29, 0.717) is 24.2 Å². The molecule has 5 nitrogen and oxygen atoms in total. The largest absolute Gasteiger partial charge is 0.497 e. The van der Waals surface area contributed by atoms with Crippen LogP contribution in [0.15, 0.2) is 28.9 Å². The average molecular weight is 273 g/mol. The molecule has 1 aromatic carbocycles. The fourth-order valence-corrected chi connectivity index (χ4v) is 1.87. The summed E-state index contributed by atoms with van der Waals surface area (Å²) in [5, 5.41) is 9.26. The summed E-state index contributed by atoms with van der Waals surface area (Å²) in [6.07, 6.45) is 2.67. The van der Waals surface area contributed by atoms with E-state index in [1.807, 2.05) is 18.2 Å². The number of rotatable bonds is 6. The number of benzene rings is 1. The SMILES string of the molecule is COc1ccc2c(CC(=O)OCCCC#N)coc2c1. The monoisotopic (exact) mass is 273 g/mol. The van der Waals surface area contributed by atoms with Gasteiger partial charge in [-0.2, -0.15) is 5.26 Å². The number of carbonyl (C=O) groups is 1. The minimum absolute atomic E-state index is 0.159. The van der Waals surface area contributed by atoms with Crippen LogP contribution in [0.3, 0.4) is 0 Å². The Morgan fingerprint density at radius 2 is 2.30 bits per heavy atom. The Bertz CT molecular complexity index is 639. The number of unbranched alkanes of at least 4 members (excludes halogenated alkanes) is 1. The molecule has 0 aliphatic rings. The third-order valence-corrected chi connectivity index (χ3v) is 2.89. The summed E-state index contributed by atoms with van der Waals surface area (Å²) < 4.78 is 15.6. The van der Waals surface area contributed by atoms with E-state index in [2.05, 4.69) is 0 Å². The van der Waals surface area contributed by atoms with E-state index in [1.54, 1.807) is 19.4 Å². The van der Waals surface area contributed by atoms with Crippen molar-refractivity contribution in [3.63, 3.8) is 0 Å². The molecule has 104 valence electrons. The number of hydrogen-bond donors (Lipinski definition) is 0.